The van der Waals surface area contributed by atoms with Crippen molar-refractivity contribution >= 4 is 5.91 Å². The molecule has 1 saturated carbocycles. The number of aliphatic hydroxyl groups is 1. The maximum atomic E-state index is 11.6. The molecule has 1 aliphatic carbocycles. The van der Waals surface area contributed by atoms with Gasteiger partial charge in [-0.2, -0.15) is 0 Å². The van der Waals surface area contributed by atoms with Crippen LogP contribution in [0.3, 0.4) is 0 Å². The second-order valence-electron chi connectivity index (χ2n) is 4.27. The van der Waals surface area contributed by atoms with E-state index in [2.05, 4.69) is 15.6 Å². The molecule has 0 bridgehead atoms. The first-order chi connectivity index (χ1) is 8.20. The normalized spacial score (nSPS) is 16.8. The third kappa shape index (κ3) is 3.24. The quantitative estimate of drug-likeness (QED) is 0.574. The summed E-state index contributed by atoms with van der Waals surface area (Å²) < 4.78 is 1.52. The fourth-order valence-electron chi connectivity index (χ4n) is 1.58. The van der Waals surface area contributed by atoms with Crippen molar-refractivity contribution in [1.82, 2.24) is 20.3 Å². The van der Waals surface area contributed by atoms with Crippen LogP contribution in [0.1, 0.15) is 23.3 Å². The molecule has 1 atom stereocenters. The molecule has 1 amide bonds. The maximum absolute atomic E-state index is 11.6. The van der Waals surface area contributed by atoms with Crippen LogP contribution >= 0.6 is 0 Å². The molecule has 7 nitrogen and oxygen atoms in total. The first kappa shape index (κ1) is 12.0. The summed E-state index contributed by atoms with van der Waals surface area (Å²) in [5.41, 5.74) is 5.61. The molecule has 4 N–H and O–H groups in total. The molecule has 1 unspecified atom stereocenters. The molecule has 1 aromatic rings. The van der Waals surface area contributed by atoms with E-state index in [1.807, 2.05) is 0 Å². The lowest BCUT2D eigenvalue weighted by Crippen LogP contribution is -2.33. The molecule has 1 fully saturated rings. The van der Waals surface area contributed by atoms with Crippen LogP contribution in [0, 0.1) is 5.92 Å². The Morgan fingerprint density at radius 2 is 2.47 bits per heavy atom. The van der Waals surface area contributed by atoms with E-state index in [1.165, 1.54) is 4.68 Å². The summed E-state index contributed by atoms with van der Waals surface area (Å²) in [6.45, 7) is 1.25. The van der Waals surface area contributed by atoms with Gasteiger partial charge in [-0.1, -0.05) is 5.21 Å². The van der Waals surface area contributed by atoms with Crippen molar-refractivity contribution < 1.29 is 9.90 Å². The number of rotatable bonds is 6. The molecule has 17 heavy (non-hydrogen) atoms. The number of hydrogen-bond donors (Lipinski definition) is 3. The molecular formula is C10H17N5O2. The van der Waals surface area contributed by atoms with Gasteiger partial charge in [0.15, 0.2) is 5.69 Å². The standard InChI is InChI=1S/C10H17N5O2/c11-3-4-15-6-8(13-14-15)10(17)12-5-9(16)7-1-2-7/h6-7,9,16H,1-5,11H2,(H,12,17). The zero-order valence-electron chi connectivity index (χ0n) is 9.54. The number of nitrogens with zero attached hydrogens (tertiary/aromatic N) is 3. The average Bonchev–Trinajstić information content (AvgIpc) is 3.07. The smallest absolute Gasteiger partial charge is 0.273 e. The second-order valence-corrected chi connectivity index (χ2v) is 4.27. The van der Waals surface area contributed by atoms with Gasteiger partial charge in [0.1, 0.15) is 0 Å². The van der Waals surface area contributed by atoms with E-state index in [4.69, 9.17) is 5.73 Å². The van der Waals surface area contributed by atoms with Gasteiger partial charge in [0.25, 0.3) is 5.91 Å². The summed E-state index contributed by atoms with van der Waals surface area (Å²) in [5, 5.41) is 19.7. The van der Waals surface area contributed by atoms with E-state index < -0.39 is 6.10 Å². The molecule has 0 spiro atoms. The van der Waals surface area contributed by atoms with Gasteiger partial charge in [0.05, 0.1) is 18.8 Å². The number of nitrogens with one attached hydrogen (secondary N) is 1. The van der Waals surface area contributed by atoms with Crippen LogP contribution in [0.15, 0.2) is 6.20 Å². The van der Waals surface area contributed by atoms with Crippen molar-refractivity contribution in [2.75, 3.05) is 13.1 Å². The van der Waals surface area contributed by atoms with Gasteiger partial charge >= 0.3 is 0 Å². The minimum Gasteiger partial charge on any atom is -0.391 e. The number of aromatic nitrogens is 3. The fraction of sp³-hybridized carbons (Fsp3) is 0.700. The Balaban J connectivity index is 1.81. The van der Waals surface area contributed by atoms with E-state index in [0.717, 1.165) is 12.8 Å². The number of hydrogen-bond acceptors (Lipinski definition) is 5. The zero-order valence-corrected chi connectivity index (χ0v) is 9.54. The maximum Gasteiger partial charge on any atom is 0.273 e. The highest BCUT2D eigenvalue weighted by molar-refractivity contribution is 5.91. The predicted octanol–water partition coefficient (Wildman–Crippen LogP) is -1.26. The zero-order chi connectivity index (χ0) is 12.3. The number of aliphatic hydroxyl groups excluding tert-OH is 1. The van der Waals surface area contributed by atoms with Crippen LogP contribution in [0.5, 0.6) is 0 Å². The molecule has 7 heteroatoms. The predicted molar refractivity (Wildman–Crippen MR) is 60.1 cm³/mol. The highest BCUT2D eigenvalue weighted by atomic mass is 16.3. The first-order valence-electron chi connectivity index (χ1n) is 5.77. The monoisotopic (exact) mass is 239 g/mol. The summed E-state index contributed by atoms with van der Waals surface area (Å²) in [4.78, 5) is 11.6. The van der Waals surface area contributed by atoms with Crippen molar-refractivity contribution in [3.63, 3.8) is 0 Å². The van der Waals surface area contributed by atoms with Crippen LogP contribution < -0.4 is 11.1 Å². The largest absolute Gasteiger partial charge is 0.391 e. The van der Waals surface area contributed by atoms with Crippen LogP contribution in [0.2, 0.25) is 0 Å². The molecule has 0 aliphatic heterocycles. The number of carbonyl (C=O) groups excluding carboxylic acids is 1. The van der Waals surface area contributed by atoms with Crippen molar-refractivity contribution in [3.05, 3.63) is 11.9 Å². The number of carbonyl (C=O) groups is 1. The van der Waals surface area contributed by atoms with Crippen molar-refractivity contribution in [1.29, 1.82) is 0 Å². The summed E-state index contributed by atoms with van der Waals surface area (Å²) in [6.07, 6.45) is 3.19. The van der Waals surface area contributed by atoms with E-state index in [1.54, 1.807) is 6.20 Å². The Labute approximate surface area is 99.0 Å². The van der Waals surface area contributed by atoms with E-state index >= 15 is 0 Å². The van der Waals surface area contributed by atoms with Crippen molar-refractivity contribution in [2.45, 2.75) is 25.5 Å². The molecule has 1 aromatic heterocycles. The second kappa shape index (κ2) is 5.24. The van der Waals surface area contributed by atoms with Gasteiger partial charge in [-0.25, -0.2) is 0 Å². The number of nitrogens with two attached hydrogens (primary N) is 1. The van der Waals surface area contributed by atoms with Gasteiger partial charge in [-0.05, 0) is 18.8 Å². The molecule has 0 aromatic carbocycles. The highest BCUT2D eigenvalue weighted by Gasteiger charge is 2.29. The molecular weight excluding hydrogens is 222 g/mol. The minimum absolute atomic E-state index is 0.251. The Morgan fingerprint density at radius 1 is 1.71 bits per heavy atom. The van der Waals surface area contributed by atoms with Crippen LogP contribution in [0.4, 0.5) is 0 Å². The lowest BCUT2D eigenvalue weighted by molar-refractivity contribution is 0.0896. The van der Waals surface area contributed by atoms with Gasteiger partial charge in [0.2, 0.25) is 0 Å². The lowest BCUT2D eigenvalue weighted by Gasteiger charge is -2.08. The van der Waals surface area contributed by atoms with E-state index in [9.17, 15) is 9.90 Å². The number of amides is 1. The minimum atomic E-state index is -0.446. The van der Waals surface area contributed by atoms with Crippen LogP contribution in [0.25, 0.3) is 0 Å². The van der Waals surface area contributed by atoms with Gasteiger partial charge in [0, 0.05) is 13.1 Å². The van der Waals surface area contributed by atoms with Gasteiger partial charge in [-0.15, -0.1) is 5.10 Å². The summed E-state index contributed by atoms with van der Waals surface area (Å²) in [6, 6.07) is 0. The van der Waals surface area contributed by atoms with Crippen LogP contribution in [-0.4, -0.2) is 45.2 Å². The molecule has 0 saturated heterocycles. The summed E-state index contributed by atoms with van der Waals surface area (Å²) in [7, 11) is 0. The third-order valence-corrected chi connectivity index (χ3v) is 2.77. The summed E-state index contributed by atoms with van der Waals surface area (Å²) >= 11 is 0. The van der Waals surface area contributed by atoms with Gasteiger partial charge in [-0.3, -0.25) is 9.48 Å². The Kier molecular flexibility index (Phi) is 3.70. The fourth-order valence-corrected chi connectivity index (χ4v) is 1.58. The topological polar surface area (TPSA) is 106 Å². The molecule has 94 valence electrons. The average molecular weight is 239 g/mol. The third-order valence-electron chi connectivity index (χ3n) is 2.77. The first-order valence-corrected chi connectivity index (χ1v) is 5.77. The van der Waals surface area contributed by atoms with E-state index in [0.29, 0.717) is 19.0 Å². The van der Waals surface area contributed by atoms with Crippen LogP contribution in [-0.2, 0) is 6.54 Å². The van der Waals surface area contributed by atoms with Gasteiger partial charge < -0.3 is 16.2 Å². The Bertz CT molecular complexity index is 388. The molecule has 1 aliphatic rings. The molecule has 1 heterocycles. The van der Waals surface area contributed by atoms with Crippen molar-refractivity contribution in [3.8, 4) is 0 Å². The van der Waals surface area contributed by atoms with E-state index in [-0.39, 0.29) is 18.1 Å². The SMILES string of the molecule is NCCn1cc(C(=O)NCC(O)C2CC2)nn1. The summed E-state index contributed by atoms with van der Waals surface area (Å²) in [5.74, 6) is 0.0381. The van der Waals surface area contributed by atoms with Crippen molar-refractivity contribution in [2.24, 2.45) is 11.7 Å². The highest BCUT2D eigenvalue weighted by Crippen LogP contribution is 2.32. The lowest BCUT2D eigenvalue weighted by atomic mass is 10.2. The molecule has 2 rings (SSSR count). The molecule has 0 radical (unpaired) electrons. The Hall–Kier alpha value is -1.47. The Morgan fingerprint density at radius 3 is 3.12 bits per heavy atom.